The molecule has 2 fully saturated rings. The first-order valence-electron chi connectivity index (χ1n) is 6.67. The topological polar surface area (TPSA) is 41.1 Å². The van der Waals surface area contributed by atoms with Crippen LogP contribution in [0.3, 0.4) is 0 Å². The first-order valence-corrected chi connectivity index (χ1v) is 6.67. The predicted octanol–water partition coefficient (Wildman–Crippen LogP) is 1.54. The average Bonchev–Trinajstić information content (AvgIpc) is 3.04. The molecule has 1 aliphatic heterocycles. The first-order chi connectivity index (χ1) is 7.68. The molecule has 16 heavy (non-hydrogen) atoms. The Hall–Kier alpha value is -0.570. The van der Waals surface area contributed by atoms with Crippen LogP contribution >= 0.6 is 0 Å². The summed E-state index contributed by atoms with van der Waals surface area (Å²) in [6.07, 6.45) is 4.66. The van der Waals surface area contributed by atoms with Crippen LogP contribution in [0.1, 0.15) is 39.5 Å². The molecule has 1 saturated heterocycles. The van der Waals surface area contributed by atoms with E-state index in [2.05, 4.69) is 24.5 Å². The summed E-state index contributed by atoms with van der Waals surface area (Å²) in [5, 5.41) is 6.47. The maximum atomic E-state index is 12.2. The zero-order valence-electron chi connectivity index (χ0n) is 10.5. The number of hydrogen-bond donors (Lipinski definition) is 2. The van der Waals surface area contributed by atoms with Gasteiger partial charge in [-0.15, -0.1) is 0 Å². The minimum absolute atomic E-state index is 0.122. The maximum Gasteiger partial charge on any atom is 0.227 e. The smallest absolute Gasteiger partial charge is 0.227 e. The molecule has 2 aliphatic rings. The van der Waals surface area contributed by atoms with Crippen molar-refractivity contribution in [2.24, 2.45) is 17.3 Å². The van der Waals surface area contributed by atoms with Crippen molar-refractivity contribution in [2.45, 2.75) is 39.5 Å². The lowest BCUT2D eigenvalue weighted by Crippen LogP contribution is -2.43. The van der Waals surface area contributed by atoms with Crippen LogP contribution in [-0.2, 0) is 4.79 Å². The molecule has 1 heterocycles. The van der Waals surface area contributed by atoms with Crippen LogP contribution < -0.4 is 10.6 Å². The fourth-order valence-corrected chi connectivity index (χ4v) is 2.67. The Morgan fingerprint density at radius 2 is 2.31 bits per heavy atom. The van der Waals surface area contributed by atoms with Crippen LogP contribution in [0.25, 0.3) is 0 Å². The van der Waals surface area contributed by atoms with Crippen LogP contribution in [0, 0.1) is 17.3 Å². The molecule has 0 aromatic carbocycles. The Morgan fingerprint density at radius 3 is 2.81 bits per heavy atom. The normalized spacial score (nSPS) is 31.4. The van der Waals surface area contributed by atoms with E-state index >= 15 is 0 Å². The number of rotatable bonds is 5. The van der Waals surface area contributed by atoms with Gasteiger partial charge in [-0.25, -0.2) is 0 Å². The molecule has 1 aliphatic carbocycles. The van der Waals surface area contributed by atoms with Gasteiger partial charge in [0, 0.05) is 13.1 Å². The van der Waals surface area contributed by atoms with Crippen LogP contribution in [0.5, 0.6) is 0 Å². The molecular weight excluding hydrogens is 200 g/mol. The van der Waals surface area contributed by atoms with Crippen LogP contribution in [0.2, 0.25) is 0 Å². The number of carbonyl (C=O) groups is 1. The molecule has 0 aromatic rings. The SMILES string of the molecule is CCC1(C(=O)NCC(C)C2CC2)CCNC1. The van der Waals surface area contributed by atoms with Crippen LogP contribution in [0.15, 0.2) is 0 Å². The third-order valence-electron chi connectivity index (χ3n) is 4.41. The van der Waals surface area contributed by atoms with Gasteiger partial charge in [0.25, 0.3) is 0 Å². The van der Waals surface area contributed by atoms with Crippen molar-refractivity contribution in [1.82, 2.24) is 10.6 Å². The number of amides is 1. The molecule has 2 atom stereocenters. The quantitative estimate of drug-likeness (QED) is 0.743. The monoisotopic (exact) mass is 224 g/mol. The molecule has 92 valence electrons. The number of nitrogens with one attached hydrogen (secondary N) is 2. The summed E-state index contributed by atoms with van der Waals surface area (Å²) in [4.78, 5) is 12.2. The molecule has 1 amide bonds. The van der Waals surface area contributed by atoms with Gasteiger partial charge >= 0.3 is 0 Å². The highest BCUT2D eigenvalue weighted by Crippen LogP contribution is 2.36. The molecule has 0 bridgehead atoms. The highest BCUT2D eigenvalue weighted by atomic mass is 16.2. The lowest BCUT2D eigenvalue weighted by molar-refractivity contribution is -0.130. The third kappa shape index (κ3) is 2.40. The lowest BCUT2D eigenvalue weighted by Gasteiger charge is -2.26. The molecule has 3 heteroatoms. The molecule has 0 spiro atoms. The zero-order chi connectivity index (χ0) is 11.6. The van der Waals surface area contributed by atoms with E-state index in [1.54, 1.807) is 0 Å². The average molecular weight is 224 g/mol. The molecule has 2 rings (SSSR count). The van der Waals surface area contributed by atoms with Gasteiger partial charge in [-0.3, -0.25) is 4.79 Å². The highest BCUT2D eigenvalue weighted by molar-refractivity contribution is 5.83. The summed E-state index contributed by atoms with van der Waals surface area (Å²) >= 11 is 0. The van der Waals surface area contributed by atoms with E-state index in [0.29, 0.717) is 5.92 Å². The van der Waals surface area contributed by atoms with Crippen molar-refractivity contribution in [3.05, 3.63) is 0 Å². The van der Waals surface area contributed by atoms with Crippen molar-refractivity contribution in [3.63, 3.8) is 0 Å². The Labute approximate surface area is 98.4 Å². The van der Waals surface area contributed by atoms with E-state index in [9.17, 15) is 4.79 Å². The van der Waals surface area contributed by atoms with Gasteiger partial charge < -0.3 is 10.6 Å². The molecule has 3 nitrogen and oxygen atoms in total. The van der Waals surface area contributed by atoms with Crippen molar-refractivity contribution in [3.8, 4) is 0 Å². The molecule has 1 saturated carbocycles. The van der Waals surface area contributed by atoms with Crippen LogP contribution in [-0.4, -0.2) is 25.5 Å². The second-order valence-corrected chi connectivity index (χ2v) is 5.59. The maximum absolute atomic E-state index is 12.2. The van der Waals surface area contributed by atoms with Gasteiger partial charge in [0.2, 0.25) is 5.91 Å². The van der Waals surface area contributed by atoms with Gasteiger partial charge in [0.05, 0.1) is 5.41 Å². The predicted molar refractivity (Wildman–Crippen MR) is 65.1 cm³/mol. The van der Waals surface area contributed by atoms with Gasteiger partial charge in [-0.2, -0.15) is 0 Å². The van der Waals surface area contributed by atoms with E-state index in [4.69, 9.17) is 0 Å². The fourth-order valence-electron chi connectivity index (χ4n) is 2.67. The summed E-state index contributed by atoms with van der Waals surface area (Å²) < 4.78 is 0. The lowest BCUT2D eigenvalue weighted by atomic mass is 9.83. The van der Waals surface area contributed by atoms with Crippen molar-refractivity contribution in [1.29, 1.82) is 0 Å². The summed E-state index contributed by atoms with van der Waals surface area (Å²) in [6.45, 7) is 7.08. The second kappa shape index (κ2) is 4.74. The Bertz CT molecular complexity index is 255. The van der Waals surface area contributed by atoms with Gasteiger partial charge in [0.1, 0.15) is 0 Å². The minimum atomic E-state index is -0.122. The Morgan fingerprint density at radius 1 is 1.56 bits per heavy atom. The third-order valence-corrected chi connectivity index (χ3v) is 4.41. The van der Waals surface area contributed by atoms with E-state index in [1.165, 1.54) is 12.8 Å². The molecular formula is C13H24N2O. The largest absolute Gasteiger partial charge is 0.355 e. The molecule has 2 N–H and O–H groups in total. The summed E-state index contributed by atoms with van der Waals surface area (Å²) in [5.74, 6) is 1.80. The van der Waals surface area contributed by atoms with Gasteiger partial charge in [-0.05, 0) is 44.1 Å². The number of carbonyl (C=O) groups excluding carboxylic acids is 1. The summed E-state index contributed by atoms with van der Waals surface area (Å²) in [7, 11) is 0. The van der Waals surface area contributed by atoms with E-state index in [-0.39, 0.29) is 11.3 Å². The van der Waals surface area contributed by atoms with Crippen molar-refractivity contribution < 1.29 is 4.79 Å². The summed E-state index contributed by atoms with van der Waals surface area (Å²) in [6, 6.07) is 0. The van der Waals surface area contributed by atoms with Gasteiger partial charge in [-0.1, -0.05) is 13.8 Å². The number of hydrogen-bond acceptors (Lipinski definition) is 2. The summed E-state index contributed by atoms with van der Waals surface area (Å²) in [5.41, 5.74) is -0.122. The van der Waals surface area contributed by atoms with E-state index < -0.39 is 0 Å². The molecule has 2 unspecified atom stereocenters. The first kappa shape index (κ1) is 11.9. The van der Waals surface area contributed by atoms with Crippen LogP contribution in [0.4, 0.5) is 0 Å². The van der Waals surface area contributed by atoms with Crippen molar-refractivity contribution in [2.75, 3.05) is 19.6 Å². The Balaban J connectivity index is 1.81. The Kier molecular flexibility index (Phi) is 3.53. The van der Waals surface area contributed by atoms with E-state index in [1.807, 2.05) is 0 Å². The zero-order valence-corrected chi connectivity index (χ0v) is 10.5. The fraction of sp³-hybridized carbons (Fsp3) is 0.923. The second-order valence-electron chi connectivity index (χ2n) is 5.59. The van der Waals surface area contributed by atoms with Crippen molar-refractivity contribution >= 4 is 5.91 Å². The van der Waals surface area contributed by atoms with E-state index in [0.717, 1.165) is 38.4 Å². The van der Waals surface area contributed by atoms with Gasteiger partial charge in [0.15, 0.2) is 0 Å². The standard InChI is InChI=1S/C13H24N2O/c1-3-13(6-7-14-9-13)12(16)15-8-10(2)11-4-5-11/h10-11,14H,3-9H2,1-2H3,(H,15,16). The molecule has 0 radical (unpaired) electrons. The minimum Gasteiger partial charge on any atom is -0.355 e. The molecule has 0 aromatic heterocycles. The highest BCUT2D eigenvalue weighted by Gasteiger charge is 2.39.